The Labute approximate surface area is 235 Å². The van der Waals surface area contributed by atoms with E-state index in [1.807, 2.05) is 60.7 Å². The molecule has 2 N–H and O–H groups in total. The van der Waals surface area contributed by atoms with Crippen LogP contribution in [-0.4, -0.2) is 50.4 Å². The normalized spacial score (nSPS) is 13.1. The molecule has 3 aromatic carbocycles. The molecule has 1 heterocycles. The number of ether oxygens (including phenoxy) is 4. The topological polar surface area (TPSA) is 64.2 Å². The SMILES string of the molecule is COc1ccc(COc2ccc(NC(=S)NCCN3CCCC3)c(Cl)c2OCc2ccc(OC)cc2)cc1. The van der Waals surface area contributed by atoms with Crippen molar-refractivity contribution < 1.29 is 18.9 Å². The van der Waals surface area contributed by atoms with Gasteiger partial charge in [-0.05, 0) is 85.7 Å². The number of rotatable bonds is 12. The van der Waals surface area contributed by atoms with Crippen LogP contribution in [0, 0.1) is 0 Å². The predicted molar refractivity (Wildman–Crippen MR) is 156 cm³/mol. The fourth-order valence-electron chi connectivity index (χ4n) is 4.14. The molecule has 0 bridgehead atoms. The molecule has 7 nitrogen and oxygen atoms in total. The van der Waals surface area contributed by atoms with Crippen LogP contribution in [0.25, 0.3) is 0 Å². The highest BCUT2D eigenvalue weighted by Gasteiger charge is 2.17. The van der Waals surface area contributed by atoms with Gasteiger partial charge < -0.3 is 34.5 Å². The van der Waals surface area contributed by atoms with E-state index in [4.69, 9.17) is 42.8 Å². The quantitative estimate of drug-likeness (QED) is 0.268. The maximum Gasteiger partial charge on any atom is 0.182 e. The minimum atomic E-state index is 0.310. The zero-order valence-corrected chi connectivity index (χ0v) is 23.4. The summed E-state index contributed by atoms with van der Waals surface area (Å²) < 4.78 is 22.8. The molecular formula is C29H34ClN3O4S. The number of nitrogens with one attached hydrogen (secondary N) is 2. The molecule has 0 unspecified atom stereocenters. The Morgan fingerprint density at radius 2 is 1.42 bits per heavy atom. The lowest BCUT2D eigenvalue weighted by Crippen LogP contribution is -2.35. The molecule has 0 radical (unpaired) electrons. The van der Waals surface area contributed by atoms with Gasteiger partial charge in [-0.2, -0.15) is 0 Å². The van der Waals surface area contributed by atoms with Crippen molar-refractivity contribution in [2.45, 2.75) is 26.1 Å². The first-order valence-electron chi connectivity index (χ1n) is 12.7. The molecule has 0 aliphatic carbocycles. The van der Waals surface area contributed by atoms with Crippen LogP contribution in [0.3, 0.4) is 0 Å². The van der Waals surface area contributed by atoms with Gasteiger partial charge in [-0.15, -0.1) is 0 Å². The average Bonchev–Trinajstić information content (AvgIpc) is 3.47. The van der Waals surface area contributed by atoms with Crippen molar-refractivity contribution in [2.75, 3.05) is 45.7 Å². The molecule has 0 amide bonds. The molecule has 0 saturated carbocycles. The van der Waals surface area contributed by atoms with Crippen molar-refractivity contribution in [2.24, 2.45) is 0 Å². The zero-order chi connectivity index (χ0) is 26.7. The third-order valence-corrected chi connectivity index (χ3v) is 6.94. The third kappa shape index (κ3) is 7.90. The van der Waals surface area contributed by atoms with E-state index in [2.05, 4.69) is 15.5 Å². The van der Waals surface area contributed by atoms with Crippen molar-refractivity contribution in [1.82, 2.24) is 10.2 Å². The number of benzene rings is 3. The van der Waals surface area contributed by atoms with Crippen LogP contribution in [0.4, 0.5) is 5.69 Å². The van der Waals surface area contributed by atoms with E-state index in [1.54, 1.807) is 14.2 Å². The first-order chi connectivity index (χ1) is 18.6. The smallest absolute Gasteiger partial charge is 0.182 e. The summed E-state index contributed by atoms with van der Waals surface area (Å²) in [5, 5.41) is 7.39. The second kappa shape index (κ2) is 14.1. The molecule has 38 heavy (non-hydrogen) atoms. The monoisotopic (exact) mass is 555 g/mol. The molecule has 3 aromatic rings. The predicted octanol–water partition coefficient (Wildman–Crippen LogP) is 5.90. The van der Waals surface area contributed by atoms with Gasteiger partial charge in [-0.3, -0.25) is 0 Å². The largest absolute Gasteiger partial charge is 0.497 e. The van der Waals surface area contributed by atoms with E-state index < -0.39 is 0 Å². The molecule has 1 aliphatic rings. The van der Waals surface area contributed by atoms with Gasteiger partial charge in [0.15, 0.2) is 16.6 Å². The summed E-state index contributed by atoms with van der Waals surface area (Å²) in [4.78, 5) is 2.43. The van der Waals surface area contributed by atoms with E-state index in [1.165, 1.54) is 12.8 Å². The van der Waals surface area contributed by atoms with Gasteiger partial charge in [0.25, 0.3) is 0 Å². The second-order valence-corrected chi connectivity index (χ2v) is 9.74. The first-order valence-corrected chi connectivity index (χ1v) is 13.5. The summed E-state index contributed by atoms with van der Waals surface area (Å²) in [6.45, 7) is 4.70. The van der Waals surface area contributed by atoms with E-state index in [9.17, 15) is 0 Å². The van der Waals surface area contributed by atoms with Crippen molar-refractivity contribution in [1.29, 1.82) is 0 Å². The van der Waals surface area contributed by atoms with E-state index in [0.717, 1.165) is 48.8 Å². The Kier molecular flexibility index (Phi) is 10.3. The minimum Gasteiger partial charge on any atom is -0.497 e. The summed E-state index contributed by atoms with van der Waals surface area (Å²) in [5.74, 6) is 2.56. The zero-order valence-electron chi connectivity index (χ0n) is 21.8. The fraction of sp³-hybridized carbons (Fsp3) is 0.345. The van der Waals surface area contributed by atoms with Crippen molar-refractivity contribution >= 4 is 34.6 Å². The highest BCUT2D eigenvalue weighted by atomic mass is 35.5. The number of hydrogen-bond donors (Lipinski definition) is 2. The van der Waals surface area contributed by atoms with Crippen molar-refractivity contribution in [3.05, 3.63) is 76.8 Å². The molecular weight excluding hydrogens is 522 g/mol. The van der Waals surface area contributed by atoms with E-state index in [-0.39, 0.29) is 0 Å². The highest BCUT2D eigenvalue weighted by molar-refractivity contribution is 7.80. The number of hydrogen-bond acceptors (Lipinski definition) is 6. The van der Waals surface area contributed by atoms with Gasteiger partial charge in [0.05, 0.1) is 19.9 Å². The van der Waals surface area contributed by atoms with Gasteiger partial charge in [-0.1, -0.05) is 35.9 Å². The first kappa shape index (κ1) is 27.8. The maximum atomic E-state index is 6.83. The van der Waals surface area contributed by atoms with Gasteiger partial charge in [0, 0.05) is 13.1 Å². The molecule has 1 aliphatic heterocycles. The lowest BCUT2D eigenvalue weighted by Gasteiger charge is -2.19. The number of thiocarbonyl (C=S) groups is 1. The van der Waals surface area contributed by atoms with Gasteiger partial charge in [0.2, 0.25) is 0 Å². The molecule has 202 valence electrons. The van der Waals surface area contributed by atoms with Crippen LogP contribution in [-0.2, 0) is 13.2 Å². The van der Waals surface area contributed by atoms with E-state index >= 15 is 0 Å². The molecule has 9 heteroatoms. The Balaban J connectivity index is 1.45. The molecule has 1 saturated heterocycles. The average molecular weight is 556 g/mol. The molecule has 0 spiro atoms. The number of nitrogens with zero attached hydrogens (tertiary/aromatic N) is 1. The lowest BCUT2D eigenvalue weighted by atomic mass is 10.2. The van der Waals surface area contributed by atoms with Crippen LogP contribution < -0.4 is 29.6 Å². The van der Waals surface area contributed by atoms with Gasteiger partial charge >= 0.3 is 0 Å². The Hall–Kier alpha value is -3.20. The number of likely N-dealkylation sites (tertiary alicyclic amines) is 1. The summed E-state index contributed by atoms with van der Waals surface area (Å²) in [6.07, 6.45) is 2.54. The Morgan fingerprint density at radius 1 is 0.842 bits per heavy atom. The lowest BCUT2D eigenvalue weighted by molar-refractivity contribution is 0.256. The van der Waals surface area contributed by atoms with Crippen LogP contribution >= 0.6 is 23.8 Å². The summed E-state index contributed by atoms with van der Waals surface area (Å²) in [6, 6.07) is 19.1. The highest BCUT2D eigenvalue weighted by Crippen LogP contribution is 2.41. The summed E-state index contributed by atoms with van der Waals surface area (Å²) in [7, 11) is 3.28. The van der Waals surface area contributed by atoms with Gasteiger partial charge in [0.1, 0.15) is 29.7 Å². The summed E-state index contributed by atoms with van der Waals surface area (Å²) in [5.41, 5.74) is 2.61. The maximum absolute atomic E-state index is 6.83. The minimum absolute atomic E-state index is 0.310. The third-order valence-electron chi connectivity index (χ3n) is 6.32. The van der Waals surface area contributed by atoms with Gasteiger partial charge in [-0.25, -0.2) is 0 Å². The number of methoxy groups -OCH3 is 2. The molecule has 0 atom stereocenters. The molecule has 0 aromatic heterocycles. The van der Waals surface area contributed by atoms with Crippen molar-refractivity contribution in [3.8, 4) is 23.0 Å². The Morgan fingerprint density at radius 3 is 2.00 bits per heavy atom. The molecule has 4 rings (SSSR count). The fourth-order valence-corrected chi connectivity index (χ4v) is 4.61. The summed E-state index contributed by atoms with van der Waals surface area (Å²) >= 11 is 12.4. The number of anilines is 1. The second-order valence-electron chi connectivity index (χ2n) is 8.96. The van der Waals surface area contributed by atoms with Crippen molar-refractivity contribution in [3.63, 3.8) is 0 Å². The van der Waals surface area contributed by atoms with Crippen LogP contribution in [0.15, 0.2) is 60.7 Å². The van der Waals surface area contributed by atoms with Crippen LogP contribution in [0.2, 0.25) is 5.02 Å². The standard InChI is InChI=1S/C29H34ClN3O4S/c1-34-23-9-5-21(6-10-23)19-36-26-14-13-25(32-29(38)31-15-18-33-16-3-4-17-33)27(30)28(26)37-20-22-7-11-24(35-2)12-8-22/h5-14H,3-4,15-20H2,1-2H3,(H2,31,32,38). The van der Waals surface area contributed by atoms with E-state index in [0.29, 0.717) is 40.5 Å². The molecule has 1 fully saturated rings. The number of halogens is 1. The van der Waals surface area contributed by atoms with Crippen LogP contribution in [0.5, 0.6) is 23.0 Å². The van der Waals surface area contributed by atoms with Crippen LogP contribution in [0.1, 0.15) is 24.0 Å². The Bertz CT molecular complexity index is 1190.